The van der Waals surface area contributed by atoms with Gasteiger partial charge in [-0.05, 0) is 72.5 Å². The molecule has 1 saturated heterocycles. The third-order valence-corrected chi connectivity index (χ3v) is 10.2. The summed E-state index contributed by atoms with van der Waals surface area (Å²) in [6.45, 7) is 4.58. The lowest BCUT2D eigenvalue weighted by molar-refractivity contribution is -0.132. The van der Waals surface area contributed by atoms with E-state index in [0.29, 0.717) is 50.0 Å². The Labute approximate surface area is 279 Å². The molecule has 2 aliphatic heterocycles. The molecule has 0 saturated carbocycles. The molecule has 0 unspecified atom stereocenters. The van der Waals surface area contributed by atoms with Crippen LogP contribution in [0.5, 0.6) is 11.5 Å². The zero-order valence-electron chi connectivity index (χ0n) is 24.5. The molecule has 4 aromatic rings. The Kier molecular flexibility index (Phi) is 9.37. The molecule has 232 valence electrons. The van der Waals surface area contributed by atoms with Crippen molar-refractivity contribution in [1.82, 2.24) is 10.2 Å². The van der Waals surface area contributed by atoms with E-state index in [1.54, 1.807) is 36.4 Å². The fourth-order valence-corrected chi connectivity index (χ4v) is 7.74. The molecule has 0 aliphatic carbocycles. The second-order valence-corrected chi connectivity index (χ2v) is 13.8. The van der Waals surface area contributed by atoms with Crippen molar-refractivity contribution in [3.05, 3.63) is 98.5 Å². The highest BCUT2D eigenvalue weighted by molar-refractivity contribution is 8.00. The van der Waals surface area contributed by atoms with E-state index in [1.807, 2.05) is 31.2 Å². The first-order valence-corrected chi connectivity index (χ1v) is 17.0. The van der Waals surface area contributed by atoms with E-state index in [-0.39, 0.29) is 22.6 Å². The van der Waals surface area contributed by atoms with Crippen LogP contribution >= 0.6 is 46.3 Å². The molecule has 1 N–H and O–H groups in total. The second kappa shape index (κ2) is 13.4. The van der Waals surface area contributed by atoms with Gasteiger partial charge in [0.1, 0.15) is 23.4 Å². The van der Waals surface area contributed by atoms with Crippen LogP contribution in [0.2, 0.25) is 10.0 Å². The molecule has 3 aromatic carbocycles. The van der Waals surface area contributed by atoms with E-state index in [0.717, 1.165) is 29.7 Å². The summed E-state index contributed by atoms with van der Waals surface area (Å²) >= 11 is 15.0. The standard InChI is InChI=1S/C33H29Cl2N3O5S2/c1-3-4-12-42-24-7-5-6-19(15-24)28-27(29(39)20-9-11-26-22(14-20)13-18(2)43-26)30(40)31(41)38(28)32-36-37-33(45-32)44-17-21-8-10-23(34)16-25(21)35/h5-11,14-16,18,28,39H,3-4,12-13,17H2,1-2H3/t18-,28+/m1/s1. The number of carbonyl (C=O) groups excluding carboxylic acids is 2. The van der Waals surface area contributed by atoms with Crippen molar-refractivity contribution in [2.45, 2.75) is 55.3 Å². The van der Waals surface area contributed by atoms with Gasteiger partial charge in [-0.3, -0.25) is 14.5 Å². The summed E-state index contributed by atoms with van der Waals surface area (Å²) in [6.07, 6.45) is 2.55. The quantitative estimate of drug-likeness (QED) is 0.0446. The Balaban J connectivity index is 1.38. The fraction of sp³-hybridized carbons (Fsp3) is 0.273. The topological polar surface area (TPSA) is 102 Å². The van der Waals surface area contributed by atoms with Gasteiger partial charge >= 0.3 is 5.91 Å². The van der Waals surface area contributed by atoms with E-state index in [1.165, 1.54) is 28.0 Å². The maximum Gasteiger partial charge on any atom is 0.301 e. The van der Waals surface area contributed by atoms with Crippen LogP contribution in [0.15, 0.2) is 70.6 Å². The molecule has 8 nitrogen and oxygen atoms in total. The zero-order chi connectivity index (χ0) is 31.7. The lowest BCUT2D eigenvalue weighted by Gasteiger charge is -2.23. The average molecular weight is 683 g/mol. The highest BCUT2D eigenvalue weighted by atomic mass is 35.5. The van der Waals surface area contributed by atoms with Gasteiger partial charge in [0.2, 0.25) is 5.13 Å². The van der Waals surface area contributed by atoms with Crippen molar-refractivity contribution in [2.24, 2.45) is 0 Å². The summed E-state index contributed by atoms with van der Waals surface area (Å²) in [7, 11) is 0. The highest BCUT2D eigenvalue weighted by Gasteiger charge is 2.48. The number of unbranched alkanes of at least 4 members (excludes halogenated alkanes) is 1. The number of benzene rings is 3. The van der Waals surface area contributed by atoms with Crippen molar-refractivity contribution < 1.29 is 24.2 Å². The van der Waals surface area contributed by atoms with Gasteiger partial charge in [0.25, 0.3) is 5.78 Å². The minimum Gasteiger partial charge on any atom is -0.507 e. The number of amides is 1. The molecular formula is C33H29Cl2N3O5S2. The maximum absolute atomic E-state index is 13.7. The van der Waals surface area contributed by atoms with Crippen LogP contribution < -0.4 is 14.4 Å². The van der Waals surface area contributed by atoms with Crippen molar-refractivity contribution in [2.75, 3.05) is 11.5 Å². The lowest BCUT2D eigenvalue weighted by Crippen LogP contribution is -2.29. The minimum absolute atomic E-state index is 0.0126. The van der Waals surface area contributed by atoms with Crippen molar-refractivity contribution in [3.63, 3.8) is 0 Å². The Morgan fingerprint density at radius 3 is 2.78 bits per heavy atom. The Morgan fingerprint density at radius 1 is 1.13 bits per heavy atom. The van der Waals surface area contributed by atoms with Gasteiger partial charge in [0.15, 0.2) is 4.34 Å². The zero-order valence-corrected chi connectivity index (χ0v) is 27.6. The molecular weight excluding hydrogens is 653 g/mol. The van der Waals surface area contributed by atoms with Crippen molar-refractivity contribution in [3.8, 4) is 11.5 Å². The van der Waals surface area contributed by atoms with Crippen LogP contribution in [0.25, 0.3) is 5.76 Å². The number of rotatable bonds is 10. The Morgan fingerprint density at radius 2 is 1.98 bits per heavy atom. The number of thioether (sulfide) groups is 1. The summed E-state index contributed by atoms with van der Waals surface area (Å²) in [5, 5.41) is 21.6. The average Bonchev–Trinajstić information content (AvgIpc) is 3.71. The number of anilines is 1. The van der Waals surface area contributed by atoms with Crippen molar-refractivity contribution >= 4 is 68.9 Å². The molecule has 1 amide bonds. The molecule has 0 spiro atoms. The summed E-state index contributed by atoms with van der Waals surface area (Å²) < 4.78 is 12.3. The van der Waals surface area contributed by atoms with Crippen LogP contribution in [0.4, 0.5) is 5.13 Å². The molecule has 2 aliphatic rings. The second-order valence-electron chi connectivity index (χ2n) is 10.8. The van der Waals surface area contributed by atoms with E-state index in [9.17, 15) is 14.7 Å². The normalized spacial score (nSPS) is 18.7. The van der Waals surface area contributed by atoms with Gasteiger partial charge in [0.05, 0.1) is 18.2 Å². The van der Waals surface area contributed by atoms with E-state index >= 15 is 0 Å². The van der Waals surface area contributed by atoms with Gasteiger partial charge < -0.3 is 14.6 Å². The van der Waals surface area contributed by atoms with E-state index in [2.05, 4.69) is 17.1 Å². The minimum atomic E-state index is -0.959. The van der Waals surface area contributed by atoms with Crippen LogP contribution in [-0.2, 0) is 21.8 Å². The largest absolute Gasteiger partial charge is 0.507 e. The molecule has 3 heterocycles. The van der Waals surface area contributed by atoms with Crippen molar-refractivity contribution in [1.29, 1.82) is 0 Å². The summed E-state index contributed by atoms with van der Waals surface area (Å²) in [4.78, 5) is 28.7. The van der Waals surface area contributed by atoms with Crippen LogP contribution in [-0.4, -0.2) is 39.7 Å². The van der Waals surface area contributed by atoms with Gasteiger partial charge in [-0.15, -0.1) is 10.2 Å². The number of ketones is 1. The first kappa shape index (κ1) is 31.4. The molecule has 0 bridgehead atoms. The van der Waals surface area contributed by atoms with E-state index in [4.69, 9.17) is 32.7 Å². The number of nitrogens with zero attached hydrogens (tertiary/aromatic N) is 3. The number of aromatic nitrogens is 2. The molecule has 6 rings (SSSR count). The Bertz CT molecular complexity index is 1810. The monoisotopic (exact) mass is 681 g/mol. The highest BCUT2D eigenvalue weighted by Crippen LogP contribution is 2.45. The smallest absolute Gasteiger partial charge is 0.301 e. The molecule has 1 aromatic heterocycles. The number of aliphatic hydroxyl groups is 1. The number of fused-ring (bicyclic) bond motifs is 1. The SMILES string of the molecule is CCCCOc1cccc([C@H]2C(=C(O)c3ccc4c(c3)C[C@@H](C)O4)C(=O)C(=O)N2c2nnc(SCc3ccc(Cl)cc3Cl)s2)c1. The van der Waals surface area contributed by atoms with Gasteiger partial charge in [-0.1, -0.05) is 77.8 Å². The first-order chi connectivity index (χ1) is 21.7. The van der Waals surface area contributed by atoms with Gasteiger partial charge in [-0.2, -0.15) is 0 Å². The number of aliphatic hydroxyl groups excluding tert-OH is 1. The Hall–Kier alpha value is -3.57. The molecule has 2 atom stereocenters. The maximum atomic E-state index is 13.7. The molecule has 1 fully saturated rings. The van der Waals surface area contributed by atoms with Crippen LogP contribution in [0, 0.1) is 0 Å². The number of Topliss-reactive ketones (excluding diaryl/α,β-unsaturated/α-hetero) is 1. The predicted molar refractivity (Wildman–Crippen MR) is 178 cm³/mol. The lowest BCUT2D eigenvalue weighted by atomic mass is 9.94. The van der Waals surface area contributed by atoms with Gasteiger partial charge in [0, 0.05) is 27.8 Å². The number of hydrogen-bond donors (Lipinski definition) is 1. The summed E-state index contributed by atoms with van der Waals surface area (Å²) in [6, 6.07) is 16.9. The van der Waals surface area contributed by atoms with E-state index < -0.39 is 17.7 Å². The number of hydrogen-bond acceptors (Lipinski definition) is 9. The number of halogens is 2. The molecule has 0 radical (unpaired) electrons. The van der Waals surface area contributed by atoms with Crippen LogP contribution in [0.3, 0.4) is 0 Å². The number of carbonyl (C=O) groups is 2. The summed E-state index contributed by atoms with van der Waals surface area (Å²) in [5.74, 6) is -0.0278. The predicted octanol–water partition coefficient (Wildman–Crippen LogP) is 8.27. The first-order valence-electron chi connectivity index (χ1n) is 14.5. The molecule has 12 heteroatoms. The third-order valence-electron chi connectivity index (χ3n) is 7.52. The van der Waals surface area contributed by atoms with Crippen LogP contribution in [0.1, 0.15) is 55.0 Å². The molecule has 45 heavy (non-hydrogen) atoms. The fourth-order valence-electron chi connectivity index (χ4n) is 5.32. The summed E-state index contributed by atoms with van der Waals surface area (Å²) in [5.41, 5.74) is 2.79. The third kappa shape index (κ3) is 6.56. The van der Waals surface area contributed by atoms with Gasteiger partial charge in [-0.25, -0.2) is 0 Å². The number of ether oxygens (including phenoxy) is 2.